The molecule has 21 heavy (non-hydrogen) atoms. The number of hydrogen-bond donors (Lipinski definition) is 1. The number of nitrogens with two attached hydrogens (primary N) is 1. The maximum absolute atomic E-state index is 12.3. The van der Waals surface area contributed by atoms with Crippen molar-refractivity contribution in [3.63, 3.8) is 0 Å². The van der Waals surface area contributed by atoms with E-state index in [-0.39, 0.29) is 5.91 Å². The zero-order chi connectivity index (χ0) is 15.2. The van der Waals surface area contributed by atoms with Gasteiger partial charge in [-0.05, 0) is 31.0 Å². The third-order valence-corrected chi connectivity index (χ3v) is 3.85. The van der Waals surface area contributed by atoms with Crippen LogP contribution in [0.2, 0.25) is 0 Å². The van der Waals surface area contributed by atoms with E-state index in [1.165, 1.54) is 0 Å². The van der Waals surface area contributed by atoms with Crippen LogP contribution in [0, 0.1) is 5.92 Å². The first-order valence-corrected chi connectivity index (χ1v) is 7.29. The number of pyridine rings is 1. The molecule has 1 fully saturated rings. The Kier molecular flexibility index (Phi) is 5.52. The van der Waals surface area contributed by atoms with E-state index < -0.39 is 0 Å². The van der Waals surface area contributed by atoms with Gasteiger partial charge in [-0.3, -0.25) is 4.79 Å². The molecule has 1 aliphatic rings. The summed E-state index contributed by atoms with van der Waals surface area (Å²) in [4.78, 5) is 20.5. The summed E-state index contributed by atoms with van der Waals surface area (Å²) in [6, 6.07) is 5.14. The van der Waals surface area contributed by atoms with E-state index in [1.54, 1.807) is 30.2 Å². The molecule has 1 atom stereocenters. The minimum absolute atomic E-state index is 0.0716. The van der Waals surface area contributed by atoms with Crippen molar-refractivity contribution in [2.24, 2.45) is 5.92 Å². The highest BCUT2D eigenvalue weighted by Crippen LogP contribution is 2.17. The Morgan fingerprint density at radius 1 is 1.57 bits per heavy atom. The fourth-order valence-electron chi connectivity index (χ4n) is 2.72. The molecule has 0 spiro atoms. The average Bonchev–Trinajstić information content (AvgIpc) is 2.91. The molecular weight excluding hydrogens is 268 g/mol. The summed E-state index contributed by atoms with van der Waals surface area (Å²) in [5.41, 5.74) is 6.03. The van der Waals surface area contributed by atoms with Crippen molar-refractivity contribution in [1.29, 1.82) is 0 Å². The van der Waals surface area contributed by atoms with Gasteiger partial charge in [0.1, 0.15) is 11.5 Å². The molecule has 2 rings (SSSR count). The number of rotatable bonds is 6. The highest BCUT2D eigenvalue weighted by atomic mass is 16.5. The molecule has 0 saturated carbocycles. The first-order valence-electron chi connectivity index (χ1n) is 7.29. The van der Waals surface area contributed by atoms with Gasteiger partial charge in [-0.15, -0.1) is 0 Å². The van der Waals surface area contributed by atoms with Crippen LogP contribution in [0.3, 0.4) is 0 Å². The lowest BCUT2D eigenvalue weighted by molar-refractivity contribution is 0.0766. The first kappa shape index (κ1) is 15.7. The number of ether oxygens (including phenoxy) is 1. The van der Waals surface area contributed by atoms with Gasteiger partial charge in [0.25, 0.3) is 5.91 Å². The molecule has 2 N–H and O–H groups in total. The summed E-state index contributed by atoms with van der Waals surface area (Å²) in [6.07, 6.45) is 1.12. The Bertz CT molecular complexity index is 480. The third kappa shape index (κ3) is 4.41. The lowest BCUT2D eigenvalue weighted by Gasteiger charge is -2.21. The Morgan fingerprint density at radius 2 is 2.38 bits per heavy atom. The highest BCUT2D eigenvalue weighted by Gasteiger charge is 2.25. The third-order valence-electron chi connectivity index (χ3n) is 3.85. The van der Waals surface area contributed by atoms with Crippen molar-refractivity contribution in [3.05, 3.63) is 23.9 Å². The molecule has 0 aromatic carbocycles. The summed E-state index contributed by atoms with van der Waals surface area (Å²) in [5, 5.41) is 0. The van der Waals surface area contributed by atoms with Crippen molar-refractivity contribution in [2.75, 3.05) is 52.7 Å². The second kappa shape index (κ2) is 7.38. The monoisotopic (exact) mass is 292 g/mol. The van der Waals surface area contributed by atoms with Crippen LogP contribution in [0.4, 0.5) is 5.82 Å². The van der Waals surface area contributed by atoms with Crippen LogP contribution in [0.1, 0.15) is 16.9 Å². The molecule has 0 unspecified atom stereocenters. The fourth-order valence-corrected chi connectivity index (χ4v) is 2.72. The van der Waals surface area contributed by atoms with Crippen molar-refractivity contribution < 1.29 is 9.53 Å². The number of carbonyl (C=O) groups excluding carboxylic acids is 1. The van der Waals surface area contributed by atoms with Gasteiger partial charge in [-0.25, -0.2) is 4.98 Å². The number of amides is 1. The molecule has 6 heteroatoms. The van der Waals surface area contributed by atoms with E-state index in [4.69, 9.17) is 10.5 Å². The molecule has 1 amide bonds. The van der Waals surface area contributed by atoms with Crippen molar-refractivity contribution >= 4 is 11.7 Å². The lowest BCUT2D eigenvalue weighted by atomic mass is 10.1. The summed E-state index contributed by atoms with van der Waals surface area (Å²) < 4.78 is 5.10. The van der Waals surface area contributed by atoms with Gasteiger partial charge >= 0.3 is 0 Å². The number of carbonyl (C=O) groups is 1. The Morgan fingerprint density at radius 3 is 3.10 bits per heavy atom. The molecule has 1 aromatic heterocycles. The summed E-state index contributed by atoms with van der Waals surface area (Å²) in [6.45, 7) is 4.56. The van der Waals surface area contributed by atoms with E-state index in [1.807, 2.05) is 7.05 Å². The highest BCUT2D eigenvalue weighted by molar-refractivity contribution is 5.92. The van der Waals surface area contributed by atoms with Crippen LogP contribution in [0.5, 0.6) is 0 Å². The number of nitrogens with zero attached hydrogens (tertiary/aromatic N) is 3. The standard InChI is InChI=1S/C15H24N4O2/c1-18(15(20)13-4-3-5-14(16)17-13)10-12-6-7-19(11-12)8-9-21-2/h3-5,12H,6-11H2,1-2H3,(H2,16,17)/t12-/m1/s1. The van der Waals surface area contributed by atoms with Crippen molar-refractivity contribution in [3.8, 4) is 0 Å². The topological polar surface area (TPSA) is 71.7 Å². The zero-order valence-corrected chi connectivity index (χ0v) is 12.8. The molecule has 0 bridgehead atoms. The van der Waals surface area contributed by atoms with Crippen LogP contribution in [-0.4, -0.2) is 67.6 Å². The number of methoxy groups -OCH3 is 1. The Balaban J connectivity index is 1.84. The molecule has 1 aliphatic heterocycles. The molecule has 116 valence electrons. The second-order valence-corrected chi connectivity index (χ2v) is 5.58. The SMILES string of the molecule is COCCN1CC[C@H](CN(C)C(=O)c2cccc(N)n2)C1. The maximum Gasteiger partial charge on any atom is 0.272 e. The Labute approximate surface area is 125 Å². The number of aromatic nitrogens is 1. The van der Waals surface area contributed by atoms with Gasteiger partial charge in [0.15, 0.2) is 0 Å². The van der Waals surface area contributed by atoms with Gasteiger partial charge in [0, 0.05) is 33.8 Å². The predicted molar refractivity (Wildman–Crippen MR) is 82.0 cm³/mol. The predicted octanol–water partition coefficient (Wildman–Crippen LogP) is 0.704. The molecule has 1 aromatic rings. The lowest BCUT2D eigenvalue weighted by Crippen LogP contribution is -2.34. The molecule has 1 saturated heterocycles. The molecular formula is C15H24N4O2. The summed E-state index contributed by atoms with van der Waals surface area (Å²) in [7, 11) is 3.55. The van der Waals surface area contributed by atoms with E-state index in [2.05, 4.69) is 9.88 Å². The van der Waals surface area contributed by atoms with Crippen LogP contribution in [-0.2, 0) is 4.74 Å². The smallest absolute Gasteiger partial charge is 0.272 e. The average molecular weight is 292 g/mol. The van der Waals surface area contributed by atoms with Crippen LogP contribution >= 0.6 is 0 Å². The number of anilines is 1. The first-order chi connectivity index (χ1) is 10.1. The van der Waals surface area contributed by atoms with Gasteiger partial charge in [-0.2, -0.15) is 0 Å². The van der Waals surface area contributed by atoms with E-state index in [0.29, 0.717) is 17.4 Å². The van der Waals surface area contributed by atoms with E-state index >= 15 is 0 Å². The van der Waals surface area contributed by atoms with Crippen molar-refractivity contribution in [1.82, 2.24) is 14.8 Å². The number of nitrogen functional groups attached to an aromatic ring is 1. The fraction of sp³-hybridized carbons (Fsp3) is 0.600. The molecule has 0 aliphatic carbocycles. The number of likely N-dealkylation sites (tertiary alicyclic amines) is 1. The summed E-state index contributed by atoms with van der Waals surface area (Å²) in [5.74, 6) is 0.815. The van der Waals surface area contributed by atoms with Crippen LogP contribution in [0.25, 0.3) is 0 Å². The van der Waals surface area contributed by atoms with Gasteiger partial charge in [-0.1, -0.05) is 6.07 Å². The van der Waals surface area contributed by atoms with Gasteiger partial charge in [0.05, 0.1) is 6.61 Å². The van der Waals surface area contributed by atoms with Crippen LogP contribution < -0.4 is 5.73 Å². The van der Waals surface area contributed by atoms with Gasteiger partial charge in [0.2, 0.25) is 0 Å². The minimum atomic E-state index is -0.0716. The van der Waals surface area contributed by atoms with E-state index in [9.17, 15) is 4.79 Å². The largest absolute Gasteiger partial charge is 0.384 e. The van der Waals surface area contributed by atoms with E-state index in [0.717, 1.165) is 39.2 Å². The van der Waals surface area contributed by atoms with Crippen molar-refractivity contribution in [2.45, 2.75) is 6.42 Å². The van der Waals surface area contributed by atoms with Crippen LogP contribution in [0.15, 0.2) is 18.2 Å². The normalized spacial score (nSPS) is 18.9. The minimum Gasteiger partial charge on any atom is -0.384 e. The zero-order valence-electron chi connectivity index (χ0n) is 12.8. The molecule has 0 radical (unpaired) electrons. The second-order valence-electron chi connectivity index (χ2n) is 5.58. The molecule has 6 nitrogen and oxygen atoms in total. The number of hydrogen-bond acceptors (Lipinski definition) is 5. The Hall–Kier alpha value is -1.66. The molecule has 2 heterocycles. The maximum atomic E-state index is 12.3. The quantitative estimate of drug-likeness (QED) is 0.836. The summed E-state index contributed by atoms with van der Waals surface area (Å²) >= 11 is 0. The van der Waals surface area contributed by atoms with Gasteiger partial charge < -0.3 is 20.3 Å².